The molecule has 2 aliphatic carbocycles. The van der Waals surface area contributed by atoms with Crippen molar-refractivity contribution in [1.29, 1.82) is 0 Å². The fraction of sp³-hybridized carbons (Fsp3) is 0.560. The summed E-state index contributed by atoms with van der Waals surface area (Å²) in [5.41, 5.74) is 7.00. The highest BCUT2D eigenvalue weighted by atomic mass is 19.1. The lowest BCUT2D eigenvalue weighted by molar-refractivity contribution is -0.172. The summed E-state index contributed by atoms with van der Waals surface area (Å²) < 4.78 is 65.4. The number of carbonyl (C=O) groups excluding carboxylic acids is 11. The van der Waals surface area contributed by atoms with Gasteiger partial charge in [0.05, 0.1) is 95.0 Å². The molecule has 0 saturated carbocycles. The highest BCUT2D eigenvalue weighted by Gasteiger charge is 2.46. The molecule has 34 nitrogen and oxygen atoms in total. The molecule has 0 bridgehead atoms. The van der Waals surface area contributed by atoms with Gasteiger partial charge in [-0.3, -0.25) is 43.2 Å². The zero-order valence-corrected chi connectivity index (χ0v) is 62.5. The Morgan fingerprint density at radius 2 is 1.47 bits per heavy atom. The number of carbonyl (C=O) groups is 11. The number of nitrogens with one attached hydrogen (secondary N) is 9. The number of amides is 10. The van der Waals surface area contributed by atoms with E-state index in [4.69, 9.17) is 53.3 Å². The third-order valence-corrected chi connectivity index (χ3v) is 18.8. The van der Waals surface area contributed by atoms with Gasteiger partial charge in [-0.25, -0.2) is 23.8 Å². The number of nitrogens with two attached hydrogens (primary N) is 1. The van der Waals surface area contributed by atoms with Crippen LogP contribution in [-0.2, 0) is 118 Å². The van der Waals surface area contributed by atoms with Crippen LogP contribution >= 0.6 is 0 Å². The van der Waals surface area contributed by atoms with Gasteiger partial charge in [0.1, 0.15) is 69.7 Å². The average Bonchev–Trinajstić information content (AvgIpc) is 1.52. The Kier molecular flexibility index (Phi) is 33.1. The van der Waals surface area contributed by atoms with Crippen LogP contribution in [0.25, 0.3) is 22.3 Å². The van der Waals surface area contributed by atoms with Crippen LogP contribution in [0.5, 0.6) is 0 Å². The molecule has 4 heterocycles. The topological polar surface area (TPSA) is 460 Å². The number of pyridine rings is 2. The first-order valence-electron chi connectivity index (χ1n) is 36.8. The molecule has 0 radical (unpaired) electrons. The molecule has 2 aromatic heterocycles. The summed E-state index contributed by atoms with van der Waals surface area (Å²) in [5, 5.41) is 35.6. The smallest absolute Gasteiger partial charge is 0.407 e. The van der Waals surface area contributed by atoms with Crippen molar-refractivity contribution in [3.63, 3.8) is 0 Å². The number of methoxy groups -OCH3 is 1. The van der Waals surface area contributed by atoms with Gasteiger partial charge in [0.2, 0.25) is 41.4 Å². The maximum Gasteiger partial charge on any atom is 0.407 e. The monoisotopic (exact) mass is 1540 g/mol. The van der Waals surface area contributed by atoms with Gasteiger partial charge in [-0.1, -0.05) is 45.2 Å². The number of fused-ring (bicyclic) bond motifs is 5. The molecule has 110 heavy (non-hydrogen) atoms. The molecule has 10 amide bonds. The first kappa shape index (κ1) is 85.4. The fourth-order valence-corrected chi connectivity index (χ4v) is 12.8. The molecule has 12 N–H and O–H groups in total. The lowest BCUT2D eigenvalue weighted by Gasteiger charge is -2.31. The second-order valence-corrected chi connectivity index (χ2v) is 26.9. The van der Waals surface area contributed by atoms with Gasteiger partial charge in [0.15, 0.2) is 5.60 Å². The average molecular weight is 1540 g/mol. The number of primary amides is 1. The Labute approximate surface area is 634 Å². The Bertz CT molecular complexity index is 4090. The summed E-state index contributed by atoms with van der Waals surface area (Å²) in [6, 6.07) is 3.68. The number of ether oxygens (including phenoxy) is 9. The number of alkyl carbamates (subject to hydrolysis) is 1. The summed E-state index contributed by atoms with van der Waals surface area (Å²) in [6.07, 6.45) is 3.92. The molecule has 4 aliphatic rings. The molecule has 0 spiro atoms. The number of aryl methyl sites for hydroxylation is 1. The Morgan fingerprint density at radius 3 is 2.18 bits per heavy atom. The number of rotatable bonds is 43. The molecule has 0 fully saturated rings. The van der Waals surface area contributed by atoms with Gasteiger partial charge in [0.25, 0.3) is 5.56 Å². The van der Waals surface area contributed by atoms with Crippen LogP contribution in [0.1, 0.15) is 143 Å². The predicted molar refractivity (Wildman–Crippen MR) is 391 cm³/mol. The van der Waals surface area contributed by atoms with E-state index in [-0.39, 0.29) is 133 Å². The lowest BCUT2D eigenvalue weighted by Crippen LogP contribution is -2.58. The molecule has 598 valence electrons. The minimum atomic E-state index is -2.07. The van der Waals surface area contributed by atoms with Crippen LogP contribution < -0.4 is 59.1 Å². The van der Waals surface area contributed by atoms with E-state index in [1.54, 1.807) is 45.9 Å². The van der Waals surface area contributed by atoms with Crippen LogP contribution in [0.2, 0.25) is 0 Å². The maximum atomic E-state index is 15.4. The van der Waals surface area contributed by atoms with Crippen molar-refractivity contribution in [2.24, 2.45) is 11.7 Å². The van der Waals surface area contributed by atoms with Crippen LogP contribution in [0.4, 0.5) is 19.7 Å². The SMILES string of the molecule is CC[C@@]1(O)C(=O)OCc2c1cc1n(c2=O)Cc2c-1nc1cc(F)c(C)c3c1c2[C@@H](NC(=O)COCNC(=O)CNC(=O)OCc1ccc(NC(=O)[C@H](CCCNC(N)=O)NC(=O)[C@@H](NC(=O)[C@H](CCC(=O)OC)NC(=O)CCOCCOCCOCCOCCNC(=O)COC2C#CCCCCC2)C(C)C)cc1)CC3. The van der Waals surface area contributed by atoms with Gasteiger partial charge >= 0.3 is 24.1 Å². The van der Waals surface area contributed by atoms with Crippen molar-refractivity contribution in [2.75, 3.05) is 105 Å². The van der Waals surface area contributed by atoms with Crippen molar-refractivity contribution < 1.29 is 105 Å². The second-order valence-electron chi connectivity index (χ2n) is 26.9. The number of anilines is 1. The minimum Gasteiger partial charge on any atom is -0.469 e. The molecular formula is C75H99FN12O22. The summed E-state index contributed by atoms with van der Waals surface area (Å²) in [7, 11) is 1.17. The van der Waals surface area contributed by atoms with Crippen molar-refractivity contribution in [3.8, 4) is 23.2 Å². The first-order valence-corrected chi connectivity index (χ1v) is 36.8. The van der Waals surface area contributed by atoms with E-state index in [1.807, 2.05) is 0 Å². The standard InChI is InChI=1S/C75H99FN12O22/c1-6-75(101)52-35-58-67-50(38-88(58)71(97)51(52)40-109-72(75)98)65-54(21-20-49-45(4)53(76)36-57(85-67)64(49)65)83-62(92)41-107-43-81-60(90)37-80-74(100)110-39-46-16-18-47(19-17-46)82-68(94)55(15-12-25-79-73(77)99)86-70(96)66(44(2)3)87-69(95)56(22-23-63(93)102-5)84-59(89)24-27-103-29-31-105-33-34-106-32-30-104-28-26-78-61(91)42-108-48-13-10-8-7-9-11-14-48/h16-19,35-36,44,48,54-56,66,101H,6-10,12-13,15,20-34,37-43H2,1-5H3,(H,78,91)(H,80,100)(H,81,90)(H,82,94)(H,83,92)(H,84,89)(H,86,96)(H,87,95)(H3,77,79,99)/t48?,54-,55-,56-,66-,75-/m0/s1. The largest absolute Gasteiger partial charge is 0.469 e. The van der Waals surface area contributed by atoms with E-state index in [9.17, 15) is 62.6 Å². The van der Waals surface area contributed by atoms with E-state index in [2.05, 4.69) is 59.7 Å². The molecule has 1 unspecified atom stereocenters. The maximum absolute atomic E-state index is 15.4. The normalized spacial score (nSPS) is 16.8. The minimum absolute atomic E-state index is 0.0153. The molecule has 2 aliphatic heterocycles. The van der Waals surface area contributed by atoms with E-state index >= 15 is 4.39 Å². The quantitative estimate of drug-likeness (QED) is 0.00874. The first-order chi connectivity index (χ1) is 52.9. The van der Waals surface area contributed by atoms with Gasteiger partial charge < -0.3 is 106 Å². The van der Waals surface area contributed by atoms with Gasteiger partial charge in [0, 0.05) is 60.6 Å². The molecular weight excluding hydrogens is 1440 g/mol. The highest BCUT2D eigenvalue weighted by Crippen LogP contribution is 2.46. The zero-order valence-electron chi connectivity index (χ0n) is 62.5. The van der Waals surface area contributed by atoms with E-state index in [1.165, 1.54) is 29.9 Å². The number of nitrogens with zero attached hydrogens (tertiary/aromatic N) is 2. The fourth-order valence-electron chi connectivity index (χ4n) is 12.8. The molecule has 8 rings (SSSR count). The van der Waals surface area contributed by atoms with Crippen LogP contribution in [-0.4, -0.2) is 204 Å². The summed E-state index contributed by atoms with van der Waals surface area (Å²) in [4.78, 5) is 161. The Balaban J connectivity index is 0.724. The van der Waals surface area contributed by atoms with Crippen LogP contribution in [0, 0.1) is 30.5 Å². The number of halogens is 1. The lowest BCUT2D eigenvalue weighted by atomic mass is 9.81. The molecule has 6 atom stereocenters. The van der Waals surface area contributed by atoms with E-state index < -0.39 is 126 Å². The molecule has 35 heteroatoms. The second kappa shape index (κ2) is 42.7. The third-order valence-electron chi connectivity index (χ3n) is 18.8. The van der Waals surface area contributed by atoms with Crippen molar-refractivity contribution in [1.82, 2.24) is 52.1 Å². The van der Waals surface area contributed by atoms with Gasteiger partial charge in [-0.15, -0.1) is 5.92 Å². The summed E-state index contributed by atoms with van der Waals surface area (Å²) >= 11 is 0. The van der Waals surface area contributed by atoms with Gasteiger partial charge in [-0.05, 0) is 111 Å². The molecule has 2 aromatic carbocycles. The predicted octanol–water partition coefficient (Wildman–Crippen LogP) is 2.02. The summed E-state index contributed by atoms with van der Waals surface area (Å²) in [6.45, 7) is 6.62. The number of hydrogen-bond acceptors (Lipinski definition) is 23. The van der Waals surface area contributed by atoms with Crippen molar-refractivity contribution in [2.45, 2.75) is 167 Å². The van der Waals surface area contributed by atoms with Crippen molar-refractivity contribution >= 4 is 82.0 Å². The number of esters is 2. The number of hydrogen-bond donors (Lipinski definition) is 11. The number of benzene rings is 2. The highest BCUT2D eigenvalue weighted by molar-refractivity contribution is 5.99. The van der Waals surface area contributed by atoms with Crippen molar-refractivity contribution in [3.05, 3.63) is 91.5 Å². The van der Waals surface area contributed by atoms with Gasteiger partial charge in [-0.2, -0.15) is 0 Å². The van der Waals surface area contributed by atoms with E-state index in [0.717, 1.165) is 32.1 Å². The number of aliphatic hydroxyl groups is 1. The van der Waals surface area contributed by atoms with Crippen LogP contribution in [0.3, 0.4) is 0 Å². The van der Waals surface area contributed by atoms with E-state index in [0.29, 0.717) is 89.3 Å². The zero-order chi connectivity index (χ0) is 79.3. The third kappa shape index (κ3) is 24.6. The number of cyclic esters (lactones) is 1. The Hall–Kier alpha value is -10.2. The molecule has 0 saturated heterocycles. The number of urea groups is 1. The Morgan fingerprint density at radius 1 is 0.755 bits per heavy atom. The number of aromatic nitrogens is 2. The van der Waals surface area contributed by atoms with Crippen LogP contribution in [0.15, 0.2) is 41.2 Å². The summed E-state index contributed by atoms with van der Waals surface area (Å²) in [5.74, 6) is -0.753. The molecule has 4 aromatic rings.